The molecule has 7 rings (SSSR count). The molecule has 0 spiro atoms. The van der Waals surface area contributed by atoms with Gasteiger partial charge in [-0.1, -0.05) is 84.6 Å². The van der Waals surface area contributed by atoms with Gasteiger partial charge >= 0.3 is 0 Å². The first-order valence-electron chi connectivity index (χ1n) is 15.1. The van der Waals surface area contributed by atoms with Gasteiger partial charge in [0.05, 0.1) is 36.5 Å². The van der Waals surface area contributed by atoms with Crippen molar-refractivity contribution in [3.05, 3.63) is 149 Å². The molecule has 1 N–H and O–H groups in total. The monoisotopic (exact) mass is 629 g/mol. The van der Waals surface area contributed by atoms with E-state index in [0.29, 0.717) is 28.5 Å². The maximum atomic E-state index is 13.0. The third-order valence-corrected chi connectivity index (χ3v) is 9.20. The molecular formula is C37H31N3O5S. The Morgan fingerprint density at radius 1 is 0.739 bits per heavy atom. The second-order valence-corrected chi connectivity index (χ2v) is 12.2. The Bertz CT molecular complexity index is 1830. The van der Waals surface area contributed by atoms with Crippen molar-refractivity contribution in [2.45, 2.75) is 43.2 Å². The number of amides is 2. The van der Waals surface area contributed by atoms with Crippen molar-refractivity contribution >= 4 is 23.6 Å². The quantitative estimate of drug-likeness (QED) is 0.108. The summed E-state index contributed by atoms with van der Waals surface area (Å²) in [6.45, 7) is 0.177. The number of aliphatic hydroxyl groups excluding tert-OH is 1. The highest BCUT2D eigenvalue weighted by atomic mass is 32.2. The number of imide groups is 1. The van der Waals surface area contributed by atoms with Crippen LogP contribution in [-0.4, -0.2) is 43.6 Å². The zero-order chi connectivity index (χ0) is 31.5. The van der Waals surface area contributed by atoms with Crippen LogP contribution in [0.3, 0.4) is 0 Å². The van der Waals surface area contributed by atoms with Gasteiger partial charge < -0.3 is 14.6 Å². The van der Waals surface area contributed by atoms with E-state index < -0.39 is 6.29 Å². The van der Waals surface area contributed by atoms with Gasteiger partial charge in [-0.3, -0.25) is 14.5 Å². The molecule has 46 heavy (non-hydrogen) atoms. The highest BCUT2D eigenvalue weighted by Crippen LogP contribution is 2.40. The zero-order valence-corrected chi connectivity index (χ0v) is 25.7. The minimum atomic E-state index is -0.611. The molecule has 2 aliphatic rings. The average Bonchev–Trinajstić information content (AvgIpc) is 3.36. The Hall–Kier alpha value is -4.67. The van der Waals surface area contributed by atoms with Crippen LogP contribution in [0.2, 0.25) is 0 Å². The predicted molar refractivity (Wildman–Crippen MR) is 174 cm³/mol. The SMILES string of the molecule is O=C1c2ccccc2C(=O)N1Cc1cccc(-c2cccc([C@@H]3O[C@H](CSc4ncccn4)C[C@H](c4ccc(CO)cc4)O3)c2)c1. The number of aromatic nitrogens is 2. The first-order valence-corrected chi connectivity index (χ1v) is 16.1. The van der Waals surface area contributed by atoms with Crippen molar-refractivity contribution in [1.29, 1.82) is 0 Å². The van der Waals surface area contributed by atoms with Crippen LogP contribution < -0.4 is 0 Å². The molecule has 1 aromatic heterocycles. The number of hydrogen-bond acceptors (Lipinski definition) is 8. The number of ether oxygens (including phenoxy) is 2. The number of carbonyl (C=O) groups excluding carboxylic acids is 2. The Morgan fingerprint density at radius 3 is 2.15 bits per heavy atom. The number of carbonyl (C=O) groups is 2. The fourth-order valence-corrected chi connectivity index (χ4v) is 6.65. The number of aliphatic hydroxyl groups is 1. The van der Waals surface area contributed by atoms with Crippen LogP contribution in [0.25, 0.3) is 11.1 Å². The van der Waals surface area contributed by atoms with E-state index in [1.54, 1.807) is 54.5 Å². The molecule has 3 atom stereocenters. The maximum absolute atomic E-state index is 13.0. The lowest BCUT2D eigenvalue weighted by molar-refractivity contribution is -0.245. The van der Waals surface area contributed by atoms with E-state index in [0.717, 1.165) is 33.4 Å². The Labute approximate surface area is 271 Å². The Kier molecular flexibility index (Phi) is 8.72. The summed E-state index contributed by atoms with van der Waals surface area (Å²) >= 11 is 1.55. The van der Waals surface area contributed by atoms with Crippen LogP contribution in [0.4, 0.5) is 0 Å². The van der Waals surface area contributed by atoms with Crippen LogP contribution in [0, 0.1) is 0 Å². The second-order valence-electron chi connectivity index (χ2n) is 11.3. The minimum Gasteiger partial charge on any atom is -0.392 e. The highest BCUT2D eigenvalue weighted by molar-refractivity contribution is 7.99. The summed E-state index contributed by atoms with van der Waals surface area (Å²) in [5, 5.41) is 10.2. The summed E-state index contributed by atoms with van der Waals surface area (Å²) in [6.07, 6.45) is 3.18. The Balaban J connectivity index is 1.12. The summed E-state index contributed by atoms with van der Waals surface area (Å²) in [5.74, 6) is 0.118. The number of thioether (sulfide) groups is 1. The topological polar surface area (TPSA) is 102 Å². The van der Waals surface area contributed by atoms with Gasteiger partial charge in [0.2, 0.25) is 0 Å². The largest absolute Gasteiger partial charge is 0.392 e. The summed E-state index contributed by atoms with van der Waals surface area (Å²) < 4.78 is 13.1. The van der Waals surface area contributed by atoms with E-state index in [1.165, 1.54) is 4.90 Å². The van der Waals surface area contributed by atoms with Gasteiger partial charge in [-0.15, -0.1) is 0 Å². The lowest BCUT2D eigenvalue weighted by Gasteiger charge is -2.36. The first-order chi connectivity index (χ1) is 22.6. The fraction of sp³-hybridized carbons (Fsp3) is 0.189. The average molecular weight is 630 g/mol. The minimum absolute atomic E-state index is 0.0137. The second kappa shape index (κ2) is 13.4. The van der Waals surface area contributed by atoms with Crippen molar-refractivity contribution in [1.82, 2.24) is 14.9 Å². The lowest BCUT2D eigenvalue weighted by Crippen LogP contribution is -2.31. The normalized spacial score (nSPS) is 19.3. The standard InChI is InChI=1S/C37H31N3O5S/c41-22-24-12-14-26(15-13-24)33-20-30(23-46-37-38-16-5-17-39-37)44-36(45-33)29-9-4-8-28(19-29)27-7-3-6-25(18-27)21-40-34(42)31-10-1-2-11-32(31)35(40)43/h1-19,30,33,36,41H,20-23H2/t30-,33+,36+/m0/s1. The lowest BCUT2D eigenvalue weighted by atomic mass is 9.99. The third kappa shape index (κ3) is 6.36. The molecule has 1 fully saturated rings. The van der Waals surface area contributed by atoms with E-state index in [-0.39, 0.29) is 37.2 Å². The van der Waals surface area contributed by atoms with E-state index in [1.807, 2.05) is 66.7 Å². The molecule has 0 unspecified atom stereocenters. The maximum Gasteiger partial charge on any atom is 0.261 e. The third-order valence-electron chi connectivity index (χ3n) is 8.19. The van der Waals surface area contributed by atoms with Gasteiger partial charge in [-0.25, -0.2) is 9.97 Å². The molecule has 9 heteroatoms. The van der Waals surface area contributed by atoms with Crippen molar-refractivity contribution < 1.29 is 24.2 Å². The van der Waals surface area contributed by atoms with E-state index >= 15 is 0 Å². The first kappa shape index (κ1) is 30.0. The molecule has 8 nitrogen and oxygen atoms in total. The van der Waals surface area contributed by atoms with Gasteiger partial charge in [-0.2, -0.15) is 0 Å². The molecule has 1 saturated heterocycles. The number of benzene rings is 4. The van der Waals surface area contributed by atoms with Gasteiger partial charge in [0, 0.05) is 30.1 Å². The van der Waals surface area contributed by atoms with Gasteiger partial charge in [-0.05, 0) is 58.1 Å². The van der Waals surface area contributed by atoms with Gasteiger partial charge in [0.25, 0.3) is 11.8 Å². The number of nitrogens with zero attached hydrogens (tertiary/aromatic N) is 3. The van der Waals surface area contributed by atoms with E-state index in [2.05, 4.69) is 16.0 Å². The number of rotatable bonds is 9. The molecule has 2 aliphatic heterocycles. The fourth-order valence-electron chi connectivity index (χ4n) is 5.83. The molecule has 2 amide bonds. The van der Waals surface area contributed by atoms with Crippen LogP contribution in [-0.2, 0) is 22.6 Å². The molecule has 0 radical (unpaired) electrons. The molecule has 4 aromatic carbocycles. The molecule has 230 valence electrons. The summed E-state index contributed by atoms with van der Waals surface area (Å²) in [5.41, 5.74) is 6.41. The molecule has 3 heterocycles. The summed E-state index contributed by atoms with van der Waals surface area (Å²) in [6, 6.07) is 32.5. The Morgan fingerprint density at radius 2 is 1.43 bits per heavy atom. The molecule has 0 aliphatic carbocycles. The predicted octanol–water partition coefficient (Wildman–Crippen LogP) is 6.77. The smallest absolute Gasteiger partial charge is 0.261 e. The van der Waals surface area contributed by atoms with Crippen LogP contribution >= 0.6 is 11.8 Å². The highest BCUT2D eigenvalue weighted by Gasteiger charge is 2.35. The van der Waals surface area contributed by atoms with Crippen molar-refractivity contribution in [2.24, 2.45) is 0 Å². The van der Waals surface area contributed by atoms with Crippen LogP contribution in [0.5, 0.6) is 0 Å². The summed E-state index contributed by atoms with van der Waals surface area (Å²) in [4.78, 5) is 35.9. The van der Waals surface area contributed by atoms with Crippen molar-refractivity contribution in [2.75, 3.05) is 5.75 Å². The van der Waals surface area contributed by atoms with E-state index in [4.69, 9.17) is 9.47 Å². The van der Waals surface area contributed by atoms with Crippen molar-refractivity contribution in [3.8, 4) is 11.1 Å². The van der Waals surface area contributed by atoms with Gasteiger partial charge in [0.1, 0.15) is 0 Å². The molecular weight excluding hydrogens is 598 g/mol. The number of fused-ring (bicyclic) bond motifs is 1. The molecule has 5 aromatic rings. The summed E-state index contributed by atoms with van der Waals surface area (Å²) in [7, 11) is 0. The van der Waals surface area contributed by atoms with Crippen molar-refractivity contribution in [3.63, 3.8) is 0 Å². The van der Waals surface area contributed by atoms with Gasteiger partial charge in [0.15, 0.2) is 11.4 Å². The molecule has 0 saturated carbocycles. The van der Waals surface area contributed by atoms with E-state index in [9.17, 15) is 14.7 Å². The van der Waals surface area contributed by atoms with Crippen LogP contribution in [0.1, 0.15) is 61.8 Å². The zero-order valence-electron chi connectivity index (χ0n) is 24.9. The van der Waals surface area contributed by atoms with Crippen LogP contribution in [0.15, 0.2) is 121 Å². The number of hydrogen-bond donors (Lipinski definition) is 1. The molecule has 0 bridgehead atoms.